The number of rotatable bonds is 6. The van der Waals surface area contributed by atoms with Gasteiger partial charge in [0.1, 0.15) is 11.5 Å². The second kappa shape index (κ2) is 10.4. The van der Waals surface area contributed by atoms with E-state index in [4.69, 9.17) is 16.3 Å². The number of ketones is 1. The van der Waals surface area contributed by atoms with Crippen LogP contribution >= 0.6 is 11.6 Å². The van der Waals surface area contributed by atoms with Crippen molar-refractivity contribution < 1.29 is 19.4 Å². The number of nitrogens with zero attached hydrogens (tertiary/aromatic N) is 1. The lowest BCUT2D eigenvalue weighted by atomic mass is 9.85. The number of aryl methyl sites for hydroxylation is 1. The summed E-state index contributed by atoms with van der Waals surface area (Å²) in [7, 11) is 0. The molecule has 1 fully saturated rings. The predicted molar refractivity (Wildman–Crippen MR) is 148 cm³/mol. The average Bonchev–Trinajstić information content (AvgIpc) is 3.14. The molecule has 1 heterocycles. The zero-order valence-corrected chi connectivity index (χ0v) is 22.6. The van der Waals surface area contributed by atoms with Crippen LogP contribution in [0.2, 0.25) is 5.02 Å². The molecule has 1 unspecified atom stereocenters. The number of amides is 1. The lowest BCUT2D eigenvalue weighted by Gasteiger charge is -2.27. The van der Waals surface area contributed by atoms with Crippen molar-refractivity contribution >= 4 is 34.7 Å². The van der Waals surface area contributed by atoms with Gasteiger partial charge in [0, 0.05) is 16.3 Å². The molecule has 1 saturated heterocycles. The first kappa shape index (κ1) is 26.5. The molecule has 0 aromatic heterocycles. The fraction of sp³-hybridized carbons (Fsp3) is 0.290. The minimum atomic E-state index is -0.826. The number of benzene rings is 3. The molecule has 1 amide bonds. The van der Waals surface area contributed by atoms with Crippen molar-refractivity contribution in [1.82, 2.24) is 0 Å². The first-order chi connectivity index (χ1) is 17.5. The molecule has 6 heteroatoms. The number of hydrogen-bond donors (Lipinski definition) is 1. The van der Waals surface area contributed by atoms with E-state index in [1.807, 2.05) is 44.2 Å². The van der Waals surface area contributed by atoms with Gasteiger partial charge in [-0.25, -0.2) is 0 Å². The minimum absolute atomic E-state index is 0.0258. The largest absolute Gasteiger partial charge is 0.507 e. The summed E-state index contributed by atoms with van der Waals surface area (Å²) in [4.78, 5) is 28.3. The fourth-order valence-corrected chi connectivity index (χ4v) is 4.59. The van der Waals surface area contributed by atoms with Gasteiger partial charge in [-0.1, -0.05) is 81.8 Å². The molecule has 1 aliphatic rings. The van der Waals surface area contributed by atoms with Gasteiger partial charge in [-0.2, -0.15) is 0 Å². The van der Waals surface area contributed by atoms with E-state index in [1.165, 1.54) is 4.90 Å². The van der Waals surface area contributed by atoms with E-state index in [1.54, 1.807) is 36.4 Å². The molecular weight excluding hydrogens is 486 g/mol. The number of aliphatic hydroxyl groups excluding tert-OH is 1. The Hall–Kier alpha value is -3.57. The van der Waals surface area contributed by atoms with Crippen LogP contribution in [0.15, 0.2) is 72.3 Å². The Balaban J connectivity index is 1.90. The van der Waals surface area contributed by atoms with Crippen LogP contribution in [0.5, 0.6) is 5.75 Å². The van der Waals surface area contributed by atoms with Crippen LogP contribution < -0.4 is 9.64 Å². The zero-order valence-electron chi connectivity index (χ0n) is 21.8. The maximum atomic E-state index is 13.4. The van der Waals surface area contributed by atoms with Crippen LogP contribution in [0.4, 0.5) is 5.69 Å². The lowest BCUT2D eigenvalue weighted by molar-refractivity contribution is -0.132. The first-order valence-electron chi connectivity index (χ1n) is 12.4. The summed E-state index contributed by atoms with van der Waals surface area (Å²) in [6.45, 7) is 10.8. The molecule has 0 spiro atoms. The summed E-state index contributed by atoms with van der Waals surface area (Å²) in [6, 6.07) is 19.2. The van der Waals surface area contributed by atoms with E-state index < -0.39 is 17.7 Å². The van der Waals surface area contributed by atoms with Crippen molar-refractivity contribution in [2.24, 2.45) is 0 Å². The summed E-state index contributed by atoms with van der Waals surface area (Å²) in [5.74, 6) is -1.13. The van der Waals surface area contributed by atoms with Gasteiger partial charge in [-0.15, -0.1) is 0 Å². The highest BCUT2D eigenvalue weighted by Crippen LogP contribution is 2.43. The van der Waals surface area contributed by atoms with Crippen LogP contribution in [0, 0.1) is 6.92 Å². The summed E-state index contributed by atoms with van der Waals surface area (Å²) in [6.07, 6.45) is 0.838. The Kier molecular flexibility index (Phi) is 7.47. The van der Waals surface area contributed by atoms with Crippen LogP contribution in [0.25, 0.3) is 5.76 Å². The van der Waals surface area contributed by atoms with Crippen molar-refractivity contribution in [2.75, 3.05) is 11.5 Å². The number of anilines is 1. The Morgan fingerprint density at radius 3 is 2.35 bits per heavy atom. The molecule has 1 aliphatic heterocycles. The highest BCUT2D eigenvalue weighted by atomic mass is 35.5. The topological polar surface area (TPSA) is 66.8 Å². The number of hydrogen-bond acceptors (Lipinski definition) is 4. The standard InChI is InChI=1S/C31H32ClNO4/c1-6-16-37-24-9-7-8-21(17-24)28(34)26-27(20-11-13-22(14-12-20)31(3,4)5)33(30(36)29(26)35)23-15-10-19(2)25(32)18-23/h7-15,17-18,27,34H,6,16H2,1-5H3/b28-26+. The van der Waals surface area contributed by atoms with Gasteiger partial charge >= 0.3 is 0 Å². The second-order valence-electron chi connectivity index (χ2n) is 10.4. The third-order valence-corrected chi connectivity index (χ3v) is 6.96. The third kappa shape index (κ3) is 5.28. The Morgan fingerprint density at radius 2 is 1.73 bits per heavy atom. The van der Waals surface area contributed by atoms with Crippen molar-refractivity contribution in [2.45, 2.75) is 52.5 Å². The van der Waals surface area contributed by atoms with Crippen LogP contribution in [-0.4, -0.2) is 23.4 Å². The molecule has 0 saturated carbocycles. The summed E-state index contributed by atoms with van der Waals surface area (Å²) < 4.78 is 5.72. The Morgan fingerprint density at radius 1 is 1.03 bits per heavy atom. The zero-order chi connectivity index (χ0) is 26.9. The molecule has 1 N–H and O–H groups in total. The lowest BCUT2D eigenvalue weighted by Crippen LogP contribution is -2.29. The normalized spacial score (nSPS) is 17.4. The van der Waals surface area contributed by atoms with Gasteiger partial charge < -0.3 is 9.84 Å². The van der Waals surface area contributed by atoms with E-state index in [0.29, 0.717) is 34.2 Å². The minimum Gasteiger partial charge on any atom is -0.507 e. The molecular formula is C31H32ClNO4. The van der Waals surface area contributed by atoms with Crippen molar-refractivity contribution in [3.8, 4) is 5.75 Å². The molecule has 1 atom stereocenters. The summed E-state index contributed by atoms with van der Waals surface area (Å²) >= 11 is 6.40. The highest BCUT2D eigenvalue weighted by Gasteiger charge is 2.47. The quantitative estimate of drug-likeness (QED) is 0.211. The van der Waals surface area contributed by atoms with Gasteiger partial charge in [0.2, 0.25) is 0 Å². The van der Waals surface area contributed by atoms with Crippen molar-refractivity contribution in [3.63, 3.8) is 0 Å². The summed E-state index contributed by atoms with van der Waals surface area (Å²) in [5, 5.41) is 11.9. The van der Waals surface area contributed by atoms with Gasteiger partial charge in [0.05, 0.1) is 18.2 Å². The van der Waals surface area contributed by atoms with Crippen molar-refractivity contribution in [1.29, 1.82) is 0 Å². The van der Waals surface area contributed by atoms with Gasteiger partial charge in [0.15, 0.2) is 0 Å². The van der Waals surface area contributed by atoms with Crippen LogP contribution in [0.1, 0.15) is 62.4 Å². The maximum Gasteiger partial charge on any atom is 0.300 e. The number of aliphatic hydroxyl groups is 1. The number of ether oxygens (including phenoxy) is 1. The molecule has 5 nitrogen and oxygen atoms in total. The molecule has 4 rings (SSSR count). The molecule has 3 aromatic rings. The van der Waals surface area contributed by atoms with E-state index in [0.717, 1.165) is 17.5 Å². The van der Waals surface area contributed by atoms with Gasteiger partial charge in [-0.05, 0) is 59.7 Å². The third-order valence-electron chi connectivity index (χ3n) is 6.55. The summed E-state index contributed by atoms with van der Waals surface area (Å²) in [5.41, 5.74) is 3.54. The smallest absolute Gasteiger partial charge is 0.300 e. The molecule has 3 aromatic carbocycles. The molecule has 0 aliphatic carbocycles. The van der Waals surface area contributed by atoms with E-state index in [9.17, 15) is 14.7 Å². The fourth-order valence-electron chi connectivity index (χ4n) is 4.42. The first-order valence-corrected chi connectivity index (χ1v) is 12.8. The van der Waals surface area contributed by atoms with Crippen LogP contribution in [0.3, 0.4) is 0 Å². The van der Waals surface area contributed by atoms with Crippen molar-refractivity contribution in [3.05, 3.63) is 99.6 Å². The van der Waals surface area contributed by atoms with Gasteiger partial charge in [0.25, 0.3) is 11.7 Å². The van der Waals surface area contributed by atoms with Gasteiger partial charge in [-0.3, -0.25) is 14.5 Å². The number of halogens is 1. The molecule has 0 bridgehead atoms. The number of carbonyl (C=O) groups is 2. The SMILES string of the molecule is CCCOc1cccc(/C(O)=C2\C(=O)C(=O)N(c3ccc(C)c(Cl)c3)C2c2ccc(C(C)(C)C)cc2)c1. The monoisotopic (exact) mass is 517 g/mol. The Bertz CT molecular complexity index is 1370. The van der Waals surface area contributed by atoms with E-state index in [-0.39, 0.29) is 16.7 Å². The Labute approximate surface area is 223 Å². The van der Waals surface area contributed by atoms with E-state index >= 15 is 0 Å². The predicted octanol–water partition coefficient (Wildman–Crippen LogP) is 7.36. The maximum absolute atomic E-state index is 13.4. The average molecular weight is 518 g/mol. The van der Waals surface area contributed by atoms with Crippen LogP contribution in [-0.2, 0) is 15.0 Å². The second-order valence-corrected chi connectivity index (χ2v) is 10.8. The molecule has 37 heavy (non-hydrogen) atoms. The molecule has 192 valence electrons. The number of Topliss-reactive ketones (excluding diaryl/α,β-unsaturated/α-hetero) is 1. The molecule has 0 radical (unpaired) electrons. The highest BCUT2D eigenvalue weighted by molar-refractivity contribution is 6.51. The number of carbonyl (C=O) groups excluding carboxylic acids is 2. The van der Waals surface area contributed by atoms with E-state index in [2.05, 4.69) is 20.8 Å².